The molecule has 3 nitrogen and oxygen atoms in total. The molecule has 0 aliphatic rings. The summed E-state index contributed by atoms with van der Waals surface area (Å²) in [7, 11) is 0. The highest BCUT2D eigenvalue weighted by Gasteiger charge is 2.17. The van der Waals surface area contributed by atoms with E-state index in [1.807, 2.05) is 24.4 Å². The molecule has 52 heavy (non-hydrogen) atoms. The maximum atomic E-state index is 5.33. The fourth-order valence-electron chi connectivity index (χ4n) is 7.56. The summed E-state index contributed by atoms with van der Waals surface area (Å²) < 4.78 is 0. The first-order valence-electron chi connectivity index (χ1n) is 17.6. The largest absolute Gasteiger partial charge is 0.256 e. The number of nitrogens with zero attached hydrogens (tertiary/aromatic N) is 3. The van der Waals surface area contributed by atoms with E-state index in [2.05, 4.69) is 169 Å². The third kappa shape index (κ3) is 5.19. The summed E-state index contributed by atoms with van der Waals surface area (Å²) in [5, 5.41) is 9.62. The van der Waals surface area contributed by atoms with Crippen LogP contribution in [0.15, 0.2) is 188 Å². The molecule has 10 rings (SSSR count). The van der Waals surface area contributed by atoms with E-state index in [-0.39, 0.29) is 0 Å². The van der Waals surface area contributed by atoms with Crippen LogP contribution in [0, 0.1) is 0 Å². The predicted molar refractivity (Wildman–Crippen MR) is 217 cm³/mol. The van der Waals surface area contributed by atoms with Gasteiger partial charge in [-0.15, -0.1) is 0 Å². The number of hydrogen-bond acceptors (Lipinski definition) is 3. The molecular weight excluding hydrogens is 631 g/mol. The lowest BCUT2D eigenvalue weighted by Crippen LogP contribution is -1.97. The summed E-state index contributed by atoms with van der Waals surface area (Å²) in [4.78, 5) is 15.2. The van der Waals surface area contributed by atoms with Crippen molar-refractivity contribution < 1.29 is 0 Å². The zero-order valence-electron chi connectivity index (χ0n) is 28.2. The molecule has 10 aromatic rings. The smallest absolute Gasteiger partial charge is 0.160 e. The molecule has 0 saturated carbocycles. The van der Waals surface area contributed by atoms with Crippen LogP contribution in [0.5, 0.6) is 0 Å². The summed E-state index contributed by atoms with van der Waals surface area (Å²) in [6.45, 7) is 0. The second kappa shape index (κ2) is 12.4. The van der Waals surface area contributed by atoms with Crippen LogP contribution in [0.3, 0.4) is 0 Å². The van der Waals surface area contributed by atoms with E-state index in [4.69, 9.17) is 9.97 Å². The van der Waals surface area contributed by atoms with Crippen molar-refractivity contribution in [2.24, 2.45) is 0 Å². The first-order valence-corrected chi connectivity index (χ1v) is 17.6. The molecule has 242 valence electrons. The van der Waals surface area contributed by atoms with Crippen LogP contribution >= 0.6 is 0 Å². The van der Waals surface area contributed by atoms with Gasteiger partial charge in [-0.3, -0.25) is 4.98 Å². The molecule has 0 bridgehead atoms. The average molecular weight is 662 g/mol. The Morgan fingerprint density at radius 3 is 1.21 bits per heavy atom. The lowest BCUT2D eigenvalue weighted by atomic mass is 9.93. The van der Waals surface area contributed by atoms with Gasteiger partial charge in [-0.25, -0.2) is 9.97 Å². The summed E-state index contributed by atoms with van der Waals surface area (Å²) in [6.07, 6.45) is 1.83. The minimum Gasteiger partial charge on any atom is -0.256 e. The highest BCUT2D eigenvalue weighted by atomic mass is 14.9. The molecule has 2 heterocycles. The molecule has 0 N–H and O–H groups in total. The van der Waals surface area contributed by atoms with E-state index >= 15 is 0 Å². The van der Waals surface area contributed by atoms with Crippen LogP contribution in [0.2, 0.25) is 0 Å². The highest BCUT2D eigenvalue weighted by molar-refractivity contribution is 6.15. The maximum Gasteiger partial charge on any atom is 0.160 e. The van der Waals surface area contributed by atoms with E-state index in [9.17, 15) is 0 Å². The molecular formula is C49H31N3. The van der Waals surface area contributed by atoms with E-state index in [1.165, 1.54) is 43.1 Å². The SMILES string of the molecule is c1ccc(-c2ccc(-c3ccc(-c4nc(-c5cc6ccccc6c6ccccc56)cc(-c5cc6ccccc6c6ccccc56)n4)cc3)cc2)nc1. The predicted octanol–water partition coefficient (Wildman–Crippen LogP) is 12.8. The third-order valence-corrected chi connectivity index (χ3v) is 10.1. The zero-order chi connectivity index (χ0) is 34.4. The number of fused-ring (bicyclic) bond motifs is 6. The molecule has 2 aromatic heterocycles. The van der Waals surface area contributed by atoms with Crippen molar-refractivity contribution in [3.05, 3.63) is 188 Å². The van der Waals surface area contributed by atoms with E-state index in [0.29, 0.717) is 5.82 Å². The minimum absolute atomic E-state index is 0.694. The molecule has 0 aliphatic heterocycles. The second-order valence-corrected chi connectivity index (χ2v) is 13.2. The Balaban J connectivity index is 1.16. The Kier molecular flexibility index (Phi) is 7.14. The van der Waals surface area contributed by atoms with Crippen molar-refractivity contribution in [3.8, 4) is 56.3 Å². The minimum atomic E-state index is 0.694. The van der Waals surface area contributed by atoms with E-state index < -0.39 is 0 Å². The number of hydrogen-bond donors (Lipinski definition) is 0. The summed E-state index contributed by atoms with van der Waals surface area (Å²) in [5.41, 5.74) is 9.29. The van der Waals surface area contributed by atoms with Crippen LogP contribution in [0.1, 0.15) is 0 Å². The fraction of sp³-hybridized carbons (Fsp3) is 0. The topological polar surface area (TPSA) is 38.7 Å². The lowest BCUT2D eigenvalue weighted by molar-refractivity contribution is 1.19. The number of rotatable bonds is 5. The number of pyridine rings is 1. The Morgan fingerprint density at radius 2 is 0.712 bits per heavy atom. The molecule has 0 unspecified atom stereocenters. The van der Waals surface area contributed by atoms with Gasteiger partial charge in [-0.2, -0.15) is 0 Å². The van der Waals surface area contributed by atoms with Gasteiger partial charge in [0.2, 0.25) is 0 Å². The lowest BCUT2D eigenvalue weighted by Gasteiger charge is -2.15. The van der Waals surface area contributed by atoms with Gasteiger partial charge in [0.1, 0.15) is 0 Å². The van der Waals surface area contributed by atoms with E-state index in [1.54, 1.807) is 0 Å². The number of benzene rings is 8. The zero-order valence-corrected chi connectivity index (χ0v) is 28.2. The van der Waals surface area contributed by atoms with Crippen molar-refractivity contribution in [2.45, 2.75) is 0 Å². The molecule has 0 spiro atoms. The highest BCUT2D eigenvalue weighted by Crippen LogP contribution is 2.39. The number of aromatic nitrogens is 3. The van der Waals surface area contributed by atoms with E-state index in [0.717, 1.165) is 50.5 Å². The van der Waals surface area contributed by atoms with Gasteiger partial charge < -0.3 is 0 Å². The monoisotopic (exact) mass is 661 g/mol. The third-order valence-electron chi connectivity index (χ3n) is 10.1. The Hall–Kier alpha value is -6.97. The second-order valence-electron chi connectivity index (χ2n) is 13.2. The Morgan fingerprint density at radius 1 is 0.288 bits per heavy atom. The van der Waals surface area contributed by atoms with Crippen molar-refractivity contribution in [3.63, 3.8) is 0 Å². The van der Waals surface area contributed by atoms with Crippen LogP contribution in [0.4, 0.5) is 0 Å². The van der Waals surface area contributed by atoms with Crippen LogP contribution in [-0.2, 0) is 0 Å². The maximum absolute atomic E-state index is 5.33. The molecule has 3 heteroatoms. The van der Waals surface area contributed by atoms with Crippen molar-refractivity contribution >= 4 is 43.1 Å². The average Bonchev–Trinajstić information content (AvgIpc) is 3.23. The van der Waals surface area contributed by atoms with Crippen molar-refractivity contribution in [1.82, 2.24) is 15.0 Å². The molecule has 0 saturated heterocycles. The summed E-state index contributed by atoms with van der Waals surface area (Å²) in [5.74, 6) is 0.694. The van der Waals surface area contributed by atoms with Gasteiger partial charge in [0.15, 0.2) is 5.82 Å². The molecule has 0 amide bonds. The van der Waals surface area contributed by atoms with Crippen LogP contribution in [-0.4, -0.2) is 15.0 Å². The molecule has 0 fully saturated rings. The van der Waals surface area contributed by atoms with Crippen molar-refractivity contribution in [2.75, 3.05) is 0 Å². The van der Waals surface area contributed by atoms with Gasteiger partial charge in [0.25, 0.3) is 0 Å². The van der Waals surface area contributed by atoms with Gasteiger partial charge >= 0.3 is 0 Å². The normalized spacial score (nSPS) is 11.5. The van der Waals surface area contributed by atoms with Gasteiger partial charge in [0.05, 0.1) is 17.1 Å². The molecule has 8 aromatic carbocycles. The quantitative estimate of drug-likeness (QED) is 0.172. The van der Waals surface area contributed by atoms with Crippen molar-refractivity contribution in [1.29, 1.82) is 0 Å². The van der Waals surface area contributed by atoms with Gasteiger partial charge in [0, 0.05) is 28.5 Å². The summed E-state index contributed by atoms with van der Waals surface area (Å²) in [6, 6.07) is 64.4. The standard InChI is InChI=1S/C49H31N3/c1-3-13-38-36(11-1)29-44(42-17-7-5-15-40(38)42)47-31-48(45-30-37-12-2-4-14-39(37)41-16-6-8-18-43(41)45)52-49(51-47)35-26-22-33(23-27-35)32-20-24-34(25-21-32)46-19-9-10-28-50-46/h1-31H. The van der Waals surface area contributed by atoms with Gasteiger partial charge in [-0.05, 0) is 84.5 Å². The van der Waals surface area contributed by atoms with Gasteiger partial charge in [-0.1, -0.05) is 152 Å². The molecule has 0 atom stereocenters. The Labute approximate surface area is 301 Å². The molecule has 0 radical (unpaired) electrons. The van der Waals surface area contributed by atoms with Crippen LogP contribution < -0.4 is 0 Å². The van der Waals surface area contributed by atoms with Crippen LogP contribution in [0.25, 0.3) is 99.4 Å². The fourth-order valence-corrected chi connectivity index (χ4v) is 7.56. The Bertz CT molecular complexity index is 2790. The molecule has 0 aliphatic carbocycles. The first-order chi connectivity index (χ1) is 25.8. The summed E-state index contributed by atoms with van der Waals surface area (Å²) >= 11 is 0. The first kappa shape index (κ1) is 29.9.